The second kappa shape index (κ2) is 5.06. The number of aromatic nitrogens is 2. The zero-order chi connectivity index (χ0) is 11.5. The predicted octanol–water partition coefficient (Wildman–Crippen LogP) is 1.06. The molecule has 0 fully saturated rings. The van der Waals surface area contributed by atoms with Gasteiger partial charge in [0.15, 0.2) is 9.84 Å². The van der Waals surface area contributed by atoms with Crippen LogP contribution in [-0.4, -0.2) is 31.2 Å². The number of hydrogen-bond acceptors (Lipinski definition) is 5. The van der Waals surface area contributed by atoms with E-state index >= 15 is 0 Å². The summed E-state index contributed by atoms with van der Waals surface area (Å²) in [6.45, 7) is 2.69. The van der Waals surface area contributed by atoms with Crippen LogP contribution in [-0.2, 0) is 15.6 Å². The normalized spacial score (nSPS) is 11.4. The summed E-state index contributed by atoms with van der Waals surface area (Å²) in [5.41, 5.74) is 0. The molecule has 5 nitrogen and oxygen atoms in total. The third kappa shape index (κ3) is 4.29. The molecule has 1 N–H and O–H groups in total. The van der Waals surface area contributed by atoms with E-state index in [1.54, 1.807) is 6.20 Å². The first-order valence-electron chi connectivity index (χ1n) is 4.35. The number of hydrogen-bond donors (Lipinski definition) is 1. The SMILES string of the molecule is CCNc1nc(CS(C)(=O)=O)ncc1I. The zero-order valence-corrected chi connectivity index (χ0v) is 11.5. The maximum Gasteiger partial charge on any atom is 0.154 e. The van der Waals surface area contributed by atoms with Gasteiger partial charge in [0, 0.05) is 19.0 Å². The lowest BCUT2D eigenvalue weighted by Gasteiger charge is -2.06. The van der Waals surface area contributed by atoms with Crippen molar-refractivity contribution in [3.63, 3.8) is 0 Å². The summed E-state index contributed by atoms with van der Waals surface area (Å²) in [6, 6.07) is 0. The van der Waals surface area contributed by atoms with Gasteiger partial charge < -0.3 is 5.32 Å². The maximum absolute atomic E-state index is 11.1. The summed E-state index contributed by atoms with van der Waals surface area (Å²) in [6.07, 6.45) is 2.79. The Kier molecular flexibility index (Phi) is 4.26. The van der Waals surface area contributed by atoms with Gasteiger partial charge in [0.05, 0.1) is 3.57 Å². The van der Waals surface area contributed by atoms with Crippen molar-refractivity contribution in [2.24, 2.45) is 0 Å². The molecule has 0 unspecified atom stereocenters. The minimum atomic E-state index is -3.08. The first kappa shape index (κ1) is 12.6. The first-order valence-corrected chi connectivity index (χ1v) is 7.49. The van der Waals surface area contributed by atoms with Crippen molar-refractivity contribution in [1.29, 1.82) is 0 Å². The highest BCUT2D eigenvalue weighted by molar-refractivity contribution is 14.1. The molecule has 1 rings (SSSR count). The summed E-state index contributed by atoms with van der Waals surface area (Å²) in [7, 11) is -3.08. The number of anilines is 1. The molecule has 1 aromatic heterocycles. The highest BCUT2D eigenvalue weighted by Crippen LogP contribution is 2.14. The van der Waals surface area contributed by atoms with Gasteiger partial charge in [-0.05, 0) is 29.5 Å². The van der Waals surface area contributed by atoms with Crippen molar-refractivity contribution in [2.45, 2.75) is 12.7 Å². The molecule has 0 amide bonds. The molecular formula is C8H12IN3O2S. The van der Waals surface area contributed by atoms with Gasteiger partial charge in [-0.3, -0.25) is 0 Å². The second-order valence-corrected chi connectivity index (χ2v) is 6.39. The van der Waals surface area contributed by atoms with Gasteiger partial charge in [0.1, 0.15) is 17.4 Å². The van der Waals surface area contributed by atoms with E-state index in [1.807, 2.05) is 6.92 Å². The fraction of sp³-hybridized carbons (Fsp3) is 0.500. The largest absolute Gasteiger partial charge is 0.369 e. The second-order valence-electron chi connectivity index (χ2n) is 3.08. The monoisotopic (exact) mass is 341 g/mol. The molecule has 0 bridgehead atoms. The van der Waals surface area contributed by atoms with Crippen molar-refractivity contribution >= 4 is 38.2 Å². The summed E-state index contributed by atoms with van der Waals surface area (Å²) >= 11 is 2.10. The Balaban J connectivity index is 2.97. The molecule has 0 saturated heterocycles. The number of nitrogens with one attached hydrogen (secondary N) is 1. The quantitative estimate of drug-likeness (QED) is 0.829. The fourth-order valence-corrected chi connectivity index (χ4v) is 2.06. The Morgan fingerprint density at radius 1 is 1.53 bits per heavy atom. The Bertz CT molecular complexity index is 447. The van der Waals surface area contributed by atoms with Crippen LogP contribution < -0.4 is 5.32 Å². The van der Waals surface area contributed by atoms with Gasteiger partial charge >= 0.3 is 0 Å². The molecule has 84 valence electrons. The van der Waals surface area contributed by atoms with Gasteiger partial charge in [-0.25, -0.2) is 18.4 Å². The Morgan fingerprint density at radius 2 is 2.20 bits per heavy atom. The van der Waals surface area contributed by atoms with Gasteiger partial charge in [-0.2, -0.15) is 0 Å². The number of halogens is 1. The van der Waals surface area contributed by atoms with E-state index in [-0.39, 0.29) is 5.75 Å². The molecule has 0 saturated carbocycles. The zero-order valence-electron chi connectivity index (χ0n) is 8.49. The molecule has 0 aliphatic heterocycles. The molecule has 0 atom stereocenters. The Hall–Kier alpha value is -0.440. The standard InChI is InChI=1S/C8H12IN3O2S/c1-3-10-8-6(9)4-11-7(12-8)5-15(2,13)14/h4H,3,5H2,1-2H3,(H,10,11,12). The number of rotatable bonds is 4. The van der Waals surface area contributed by atoms with E-state index in [2.05, 4.69) is 37.9 Å². The molecule has 0 aliphatic carbocycles. The van der Waals surface area contributed by atoms with Crippen LogP contribution in [0.15, 0.2) is 6.20 Å². The molecule has 7 heteroatoms. The van der Waals surface area contributed by atoms with Crippen LogP contribution in [0.2, 0.25) is 0 Å². The molecular weight excluding hydrogens is 329 g/mol. The van der Waals surface area contributed by atoms with Gasteiger partial charge in [-0.15, -0.1) is 0 Å². The number of nitrogens with zero attached hydrogens (tertiary/aromatic N) is 2. The van der Waals surface area contributed by atoms with E-state index in [4.69, 9.17) is 0 Å². The lowest BCUT2D eigenvalue weighted by molar-refractivity contribution is 0.599. The Labute approximate surface area is 103 Å². The molecule has 15 heavy (non-hydrogen) atoms. The van der Waals surface area contributed by atoms with Crippen LogP contribution >= 0.6 is 22.6 Å². The number of sulfone groups is 1. The van der Waals surface area contributed by atoms with Crippen molar-refractivity contribution in [3.05, 3.63) is 15.6 Å². The fourth-order valence-electron chi connectivity index (χ4n) is 0.999. The van der Waals surface area contributed by atoms with Crippen LogP contribution in [0.1, 0.15) is 12.7 Å². The van der Waals surface area contributed by atoms with Gasteiger partial charge in [0.2, 0.25) is 0 Å². The van der Waals surface area contributed by atoms with Crippen molar-refractivity contribution in [3.8, 4) is 0 Å². The minimum Gasteiger partial charge on any atom is -0.369 e. The van der Waals surface area contributed by atoms with Crippen molar-refractivity contribution < 1.29 is 8.42 Å². The average molecular weight is 341 g/mol. The topological polar surface area (TPSA) is 72.0 Å². The van der Waals surface area contributed by atoms with Crippen LogP contribution in [0, 0.1) is 3.57 Å². The minimum absolute atomic E-state index is 0.123. The van der Waals surface area contributed by atoms with Crippen molar-refractivity contribution in [2.75, 3.05) is 18.1 Å². The molecule has 0 aromatic carbocycles. The smallest absolute Gasteiger partial charge is 0.154 e. The molecule has 0 aliphatic rings. The summed E-state index contributed by atoms with van der Waals surface area (Å²) in [4.78, 5) is 8.11. The first-order chi connectivity index (χ1) is 6.92. The maximum atomic E-state index is 11.1. The third-order valence-corrected chi connectivity index (χ3v) is 3.10. The van der Waals surface area contributed by atoms with Crippen molar-refractivity contribution in [1.82, 2.24) is 9.97 Å². The molecule has 1 aromatic rings. The van der Waals surface area contributed by atoms with E-state index in [9.17, 15) is 8.42 Å². The van der Waals surface area contributed by atoms with Crippen LogP contribution in [0.5, 0.6) is 0 Å². The van der Waals surface area contributed by atoms with Gasteiger partial charge in [0.25, 0.3) is 0 Å². The lowest BCUT2D eigenvalue weighted by Crippen LogP contribution is -2.09. The highest BCUT2D eigenvalue weighted by atomic mass is 127. The van der Waals surface area contributed by atoms with E-state index in [0.29, 0.717) is 11.6 Å². The molecule has 0 radical (unpaired) electrons. The summed E-state index contributed by atoms with van der Waals surface area (Å²) in [5, 5.41) is 3.05. The molecule has 0 spiro atoms. The summed E-state index contributed by atoms with van der Waals surface area (Å²) < 4.78 is 23.0. The van der Waals surface area contributed by atoms with E-state index in [1.165, 1.54) is 6.26 Å². The van der Waals surface area contributed by atoms with Crippen LogP contribution in [0.25, 0.3) is 0 Å². The Morgan fingerprint density at radius 3 is 2.73 bits per heavy atom. The van der Waals surface area contributed by atoms with Gasteiger partial charge in [-0.1, -0.05) is 0 Å². The van der Waals surface area contributed by atoms with Crippen LogP contribution in [0.4, 0.5) is 5.82 Å². The average Bonchev–Trinajstić information content (AvgIpc) is 2.09. The highest BCUT2D eigenvalue weighted by Gasteiger charge is 2.09. The molecule has 1 heterocycles. The lowest BCUT2D eigenvalue weighted by atomic mass is 10.5. The predicted molar refractivity (Wildman–Crippen MR) is 67.5 cm³/mol. The van der Waals surface area contributed by atoms with E-state index in [0.717, 1.165) is 10.1 Å². The van der Waals surface area contributed by atoms with Crippen LogP contribution in [0.3, 0.4) is 0 Å². The summed E-state index contributed by atoms with van der Waals surface area (Å²) in [5.74, 6) is 0.892. The third-order valence-electron chi connectivity index (χ3n) is 1.53. The van der Waals surface area contributed by atoms with E-state index < -0.39 is 9.84 Å².